The van der Waals surface area contributed by atoms with E-state index in [9.17, 15) is 14.7 Å². The van der Waals surface area contributed by atoms with Gasteiger partial charge >= 0.3 is 0 Å². The normalized spacial score (nSPS) is 30.2. The van der Waals surface area contributed by atoms with Gasteiger partial charge in [-0.25, -0.2) is 9.97 Å². The predicted octanol–water partition coefficient (Wildman–Crippen LogP) is 0.311. The Labute approximate surface area is 135 Å². The van der Waals surface area contributed by atoms with Gasteiger partial charge in [-0.2, -0.15) is 0 Å². The molecule has 0 saturated carbocycles. The van der Waals surface area contributed by atoms with E-state index in [2.05, 4.69) is 9.97 Å². The minimum Gasteiger partial charge on any atom is -0.394 e. The highest BCUT2D eigenvalue weighted by Gasteiger charge is 2.51. The Morgan fingerprint density at radius 2 is 2.26 bits per heavy atom. The quantitative estimate of drug-likeness (QED) is 0.848. The van der Waals surface area contributed by atoms with Crippen LogP contribution in [0.2, 0.25) is 0 Å². The van der Waals surface area contributed by atoms with Gasteiger partial charge in [0.1, 0.15) is 12.0 Å². The topological polar surface area (TPSA) is 86.6 Å². The number of hydrogen-bond donors (Lipinski definition) is 1. The molecule has 0 unspecified atom stereocenters. The van der Waals surface area contributed by atoms with Crippen molar-refractivity contribution in [2.75, 3.05) is 19.7 Å². The molecule has 2 fully saturated rings. The third kappa shape index (κ3) is 2.69. The molecule has 0 aliphatic carbocycles. The van der Waals surface area contributed by atoms with Gasteiger partial charge < -0.3 is 14.9 Å². The summed E-state index contributed by atoms with van der Waals surface area (Å²) in [5, 5.41) is 9.75. The average Bonchev–Trinajstić information content (AvgIpc) is 2.86. The molecule has 2 amide bonds. The Hall–Kier alpha value is -2.02. The number of piperidine rings is 1. The van der Waals surface area contributed by atoms with Crippen LogP contribution in [0, 0.1) is 5.92 Å². The minimum atomic E-state index is -0.533. The Morgan fingerprint density at radius 3 is 2.87 bits per heavy atom. The number of nitrogens with zero attached hydrogens (tertiary/aromatic N) is 4. The van der Waals surface area contributed by atoms with E-state index in [1.165, 1.54) is 6.33 Å². The van der Waals surface area contributed by atoms with E-state index in [4.69, 9.17) is 0 Å². The van der Waals surface area contributed by atoms with Gasteiger partial charge in [0.2, 0.25) is 5.91 Å². The molecule has 0 bridgehead atoms. The highest BCUT2D eigenvalue weighted by molar-refractivity contribution is 5.92. The first-order valence-electron chi connectivity index (χ1n) is 7.92. The van der Waals surface area contributed by atoms with E-state index in [1.54, 1.807) is 24.1 Å². The summed E-state index contributed by atoms with van der Waals surface area (Å²) < 4.78 is 0. The van der Waals surface area contributed by atoms with Crippen LogP contribution < -0.4 is 0 Å². The second kappa shape index (κ2) is 5.88. The summed E-state index contributed by atoms with van der Waals surface area (Å²) in [5.74, 6) is 0.0815. The molecule has 23 heavy (non-hydrogen) atoms. The minimum absolute atomic E-state index is 0.00960. The summed E-state index contributed by atoms with van der Waals surface area (Å²) >= 11 is 0. The smallest absolute Gasteiger partial charge is 0.272 e. The third-order valence-electron chi connectivity index (χ3n) is 5.08. The maximum Gasteiger partial charge on any atom is 0.272 e. The van der Waals surface area contributed by atoms with Gasteiger partial charge in [-0.1, -0.05) is 0 Å². The second-order valence-electron chi connectivity index (χ2n) is 6.71. The molecule has 0 radical (unpaired) electrons. The number of aliphatic hydroxyl groups is 1. The number of fused-ring (bicyclic) bond motifs is 1. The molecule has 0 aromatic carbocycles. The van der Waals surface area contributed by atoms with E-state index >= 15 is 0 Å². The van der Waals surface area contributed by atoms with E-state index < -0.39 is 5.54 Å². The lowest BCUT2D eigenvalue weighted by Gasteiger charge is -2.40. The van der Waals surface area contributed by atoms with E-state index in [1.807, 2.05) is 11.8 Å². The van der Waals surface area contributed by atoms with Crippen molar-refractivity contribution in [3.8, 4) is 0 Å². The molecular formula is C16H22N4O3. The van der Waals surface area contributed by atoms with Gasteiger partial charge in [-0.3, -0.25) is 9.59 Å². The number of rotatable bonds is 2. The summed E-state index contributed by atoms with van der Waals surface area (Å²) in [6.45, 7) is 4.60. The summed E-state index contributed by atoms with van der Waals surface area (Å²) in [7, 11) is 0. The molecule has 1 aromatic heterocycles. The van der Waals surface area contributed by atoms with Crippen LogP contribution in [0.25, 0.3) is 0 Å². The van der Waals surface area contributed by atoms with Gasteiger partial charge in [-0.15, -0.1) is 0 Å². The Kier molecular flexibility index (Phi) is 4.06. The first-order chi connectivity index (χ1) is 11.0. The Bertz CT molecular complexity index is 609. The Morgan fingerprint density at radius 1 is 1.48 bits per heavy atom. The van der Waals surface area contributed by atoms with Crippen molar-refractivity contribution in [1.29, 1.82) is 0 Å². The first kappa shape index (κ1) is 15.9. The monoisotopic (exact) mass is 318 g/mol. The fourth-order valence-electron chi connectivity index (χ4n) is 4.14. The van der Waals surface area contributed by atoms with Crippen LogP contribution in [0.4, 0.5) is 0 Å². The molecule has 124 valence electrons. The van der Waals surface area contributed by atoms with E-state index in [0.717, 1.165) is 6.42 Å². The van der Waals surface area contributed by atoms with Crippen molar-refractivity contribution < 1.29 is 14.7 Å². The first-order valence-corrected chi connectivity index (χ1v) is 7.92. The fourth-order valence-corrected chi connectivity index (χ4v) is 4.14. The number of aliphatic hydroxyl groups excluding tert-OH is 1. The van der Waals surface area contributed by atoms with E-state index in [-0.39, 0.29) is 30.4 Å². The highest BCUT2D eigenvalue weighted by atomic mass is 16.3. The zero-order valence-electron chi connectivity index (χ0n) is 13.5. The van der Waals surface area contributed by atoms with Gasteiger partial charge in [-0.05, 0) is 31.7 Å². The molecule has 3 heterocycles. The van der Waals surface area contributed by atoms with Crippen molar-refractivity contribution in [1.82, 2.24) is 19.8 Å². The SMILES string of the molecule is CC(=O)N1[C@H]2CCN(C(=O)c3ccncn3)C[C@@H]2C[C@]1(C)CO. The zero-order valence-corrected chi connectivity index (χ0v) is 13.5. The largest absolute Gasteiger partial charge is 0.394 e. The number of aromatic nitrogens is 2. The van der Waals surface area contributed by atoms with Crippen LogP contribution in [-0.4, -0.2) is 68.0 Å². The molecule has 0 spiro atoms. The van der Waals surface area contributed by atoms with Crippen LogP contribution in [0.15, 0.2) is 18.6 Å². The molecule has 3 atom stereocenters. The molecule has 2 aliphatic rings. The molecule has 3 rings (SSSR count). The van der Waals surface area contributed by atoms with Crippen molar-refractivity contribution >= 4 is 11.8 Å². The zero-order chi connectivity index (χ0) is 16.6. The molecule has 7 nitrogen and oxygen atoms in total. The predicted molar refractivity (Wildman–Crippen MR) is 82.5 cm³/mol. The summed E-state index contributed by atoms with van der Waals surface area (Å²) in [5.41, 5.74) is -0.139. The van der Waals surface area contributed by atoms with Gasteiger partial charge in [0.15, 0.2) is 0 Å². The number of likely N-dealkylation sites (tertiary alicyclic amines) is 2. The van der Waals surface area contributed by atoms with Crippen LogP contribution >= 0.6 is 0 Å². The van der Waals surface area contributed by atoms with Crippen LogP contribution in [-0.2, 0) is 4.79 Å². The van der Waals surface area contributed by atoms with Crippen molar-refractivity contribution in [3.63, 3.8) is 0 Å². The Balaban J connectivity index is 1.77. The van der Waals surface area contributed by atoms with Crippen LogP contribution in [0.1, 0.15) is 37.2 Å². The summed E-state index contributed by atoms with van der Waals surface area (Å²) in [4.78, 5) is 36.0. The maximum absolute atomic E-state index is 12.5. The number of amides is 2. The number of carbonyl (C=O) groups is 2. The fraction of sp³-hybridized carbons (Fsp3) is 0.625. The molecule has 1 N–H and O–H groups in total. The average molecular weight is 318 g/mol. The summed E-state index contributed by atoms with van der Waals surface area (Å²) in [6.07, 6.45) is 4.37. The second-order valence-corrected chi connectivity index (χ2v) is 6.71. The van der Waals surface area contributed by atoms with Gasteiger partial charge in [0, 0.05) is 32.3 Å². The third-order valence-corrected chi connectivity index (χ3v) is 5.08. The molecule has 2 saturated heterocycles. The summed E-state index contributed by atoms with van der Waals surface area (Å²) in [6, 6.07) is 1.71. The van der Waals surface area contributed by atoms with Gasteiger partial charge in [0.25, 0.3) is 5.91 Å². The molecule has 1 aromatic rings. The van der Waals surface area contributed by atoms with Crippen molar-refractivity contribution in [2.24, 2.45) is 5.92 Å². The number of carbonyl (C=O) groups excluding carboxylic acids is 2. The van der Waals surface area contributed by atoms with Crippen LogP contribution in [0.3, 0.4) is 0 Å². The van der Waals surface area contributed by atoms with E-state index in [0.29, 0.717) is 25.2 Å². The maximum atomic E-state index is 12.5. The van der Waals surface area contributed by atoms with Crippen LogP contribution in [0.5, 0.6) is 0 Å². The standard InChI is InChI=1S/C16H22N4O3/c1-11(22)20-14-4-6-19(8-12(14)7-16(20,2)9-21)15(23)13-3-5-17-10-18-13/h3,5,10,12,14,21H,4,6-9H2,1-2H3/t12-,14-,16+/m0/s1. The lowest BCUT2D eigenvalue weighted by atomic mass is 9.89. The molecule has 7 heteroatoms. The molecular weight excluding hydrogens is 296 g/mol. The van der Waals surface area contributed by atoms with Gasteiger partial charge in [0.05, 0.1) is 12.1 Å². The lowest BCUT2D eigenvalue weighted by Crippen LogP contribution is -2.53. The van der Waals surface area contributed by atoms with Crippen molar-refractivity contribution in [2.45, 2.75) is 38.3 Å². The lowest BCUT2D eigenvalue weighted by molar-refractivity contribution is -0.137. The molecule has 2 aliphatic heterocycles. The highest BCUT2D eigenvalue weighted by Crippen LogP contribution is 2.42. The number of hydrogen-bond acceptors (Lipinski definition) is 5. The van der Waals surface area contributed by atoms with Crippen molar-refractivity contribution in [3.05, 3.63) is 24.3 Å².